The summed E-state index contributed by atoms with van der Waals surface area (Å²) < 4.78 is 4.66. The Morgan fingerprint density at radius 3 is 2.86 bits per heavy atom. The number of aliphatic hydroxyl groups excluding tert-OH is 1. The van der Waals surface area contributed by atoms with E-state index in [0.29, 0.717) is 0 Å². The van der Waals surface area contributed by atoms with Crippen LogP contribution in [0.3, 0.4) is 0 Å². The van der Waals surface area contributed by atoms with E-state index in [0.717, 1.165) is 5.56 Å². The zero-order valence-corrected chi connectivity index (χ0v) is 7.86. The monoisotopic (exact) mass is 196 g/mol. The summed E-state index contributed by atoms with van der Waals surface area (Å²) in [6, 6.07) is 4.66. The van der Waals surface area contributed by atoms with Gasteiger partial charge in [-0.25, -0.2) is 4.79 Å². The van der Waals surface area contributed by atoms with Crippen molar-refractivity contribution in [2.24, 2.45) is 0 Å². The van der Waals surface area contributed by atoms with Crippen molar-refractivity contribution >= 4 is 5.97 Å². The molecule has 0 aliphatic carbocycles. The summed E-state index contributed by atoms with van der Waals surface area (Å²) in [4.78, 5) is 11.3. The molecule has 14 heavy (non-hydrogen) atoms. The summed E-state index contributed by atoms with van der Waals surface area (Å²) in [6.45, 7) is 1.52. The number of aryl methyl sites for hydroxylation is 1. The predicted molar refractivity (Wildman–Crippen MR) is 50.2 cm³/mol. The van der Waals surface area contributed by atoms with E-state index in [2.05, 4.69) is 4.74 Å². The molecule has 0 saturated carbocycles. The number of phenolic OH excluding ortho intramolecular Hbond substituents is 1. The number of ether oxygens (including phenoxy) is 1. The first-order chi connectivity index (χ1) is 6.65. The summed E-state index contributed by atoms with van der Waals surface area (Å²) in [5.74, 6) is -0.737. The molecular formula is C10H12O4. The quantitative estimate of drug-likeness (QED) is 0.703. The van der Waals surface area contributed by atoms with Gasteiger partial charge in [-0.15, -0.1) is 0 Å². The Balaban J connectivity index is 2.83. The number of rotatable bonds is 3. The van der Waals surface area contributed by atoms with E-state index in [4.69, 9.17) is 5.11 Å². The Morgan fingerprint density at radius 2 is 2.21 bits per heavy atom. The van der Waals surface area contributed by atoms with Gasteiger partial charge in [0.2, 0.25) is 0 Å². The Morgan fingerprint density at radius 1 is 1.50 bits per heavy atom. The number of benzene rings is 1. The fraction of sp³-hybridized carbons (Fsp3) is 0.300. The molecule has 0 aliphatic heterocycles. The van der Waals surface area contributed by atoms with Crippen molar-refractivity contribution in [2.75, 3.05) is 13.2 Å². The molecule has 0 bridgehead atoms. The maximum atomic E-state index is 11.3. The highest BCUT2D eigenvalue weighted by Crippen LogP contribution is 2.18. The highest BCUT2D eigenvalue weighted by atomic mass is 16.5. The molecule has 0 radical (unpaired) electrons. The standard InChI is InChI=1S/C10H12O4/c1-7-2-3-9(12)8(6-7)10(13)14-5-4-11/h2-3,6,11-12H,4-5H2,1H3. The van der Waals surface area contributed by atoms with Crippen molar-refractivity contribution < 1.29 is 19.7 Å². The van der Waals surface area contributed by atoms with Crippen LogP contribution in [0.5, 0.6) is 5.75 Å². The molecule has 0 amide bonds. The van der Waals surface area contributed by atoms with Gasteiger partial charge >= 0.3 is 5.97 Å². The number of hydrogen-bond donors (Lipinski definition) is 2. The molecule has 76 valence electrons. The van der Waals surface area contributed by atoms with E-state index in [1.807, 2.05) is 6.92 Å². The number of esters is 1. The van der Waals surface area contributed by atoms with Gasteiger partial charge in [0.25, 0.3) is 0 Å². The molecule has 0 aliphatic rings. The fourth-order valence-electron chi connectivity index (χ4n) is 1.03. The maximum absolute atomic E-state index is 11.3. The third kappa shape index (κ3) is 2.47. The lowest BCUT2D eigenvalue weighted by Gasteiger charge is -2.05. The zero-order valence-electron chi connectivity index (χ0n) is 7.86. The van der Waals surface area contributed by atoms with Gasteiger partial charge in [-0.05, 0) is 19.1 Å². The highest BCUT2D eigenvalue weighted by molar-refractivity contribution is 5.92. The molecule has 1 aromatic rings. The SMILES string of the molecule is Cc1ccc(O)c(C(=O)OCCO)c1. The topological polar surface area (TPSA) is 66.8 Å². The van der Waals surface area contributed by atoms with E-state index in [9.17, 15) is 9.90 Å². The van der Waals surface area contributed by atoms with Crippen molar-refractivity contribution in [3.05, 3.63) is 29.3 Å². The van der Waals surface area contributed by atoms with Crippen LogP contribution in [0.2, 0.25) is 0 Å². The second kappa shape index (κ2) is 4.62. The average molecular weight is 196 g/mol. The van der Waals surface area contributed by atoms with Crippen molar-refractivity contribution in [3.8, 4) is 5.75 Å². The van der Waals surface area contributed by atoms with Crippen LogP contribution in [0.4, 0.5) is 0 Å². The smallest absolute Gasteiger partial charge is 0.342 e. The van der Waals surface area contributed by atoms with Gasteiger partial charge in [-0.1, -0.05) is 11.6 Å². The number of carbonyl (C=O) groups is 1. The Hall–Kier alpha value is -1.55. The number of aliphatic hydroxyl groups is 1. The third-order valence-corrected chi connectivity index (χ3v) is 1.70. The molecular weight excluding hydrogens is 184 g/mol. The highest BCUT2D eigenvalue weighted by Gasteiger charge is 2.11. The number of carbonyl (C=O) groups excluding carboxylic acids is 1. The molecule has 1 aromatic carbocycles. The molecule has 4 heteroatoms. The van der Waals surface area contributed by atoms with Crippen molar-refractivity contribution in [1.29, 1.82) is 0 Å². The van der Waals surface area contributed by atoms with Gasteiger partial charge in [-0.2, -0.15) is 0 Å². The lowest BCUT2D eigenvalue weighted by atomic mass is 10.1. The van der Waals surface area contributed by atoms with Gasteiger partial charge in [-0.3, -0.25) is 0 Å². The van der Waals surface area contributed by atoms with E-state index < -0.39 is 5.97 Å². The predicted octanol–water partition coefficient (Wildman–Crippen LogP) is 0.850. The van der Waals surface area contributed by atoms with Crippen LogP contribution in [0.1, 0.15) is 15.9 Å². The molecule has 1 rings (SSSR count). The van der Waals surface area contributed by atoms with E-state index >= 15 is 0 Å². The summed E-state index contributed by atoms with van der Waals surface area (Å²) in [6.07, 6.45) is 0. The number of aromatic hydroxyl groups is 1. The first-order valence-corrected chi connectivity index (χ1v) is 4.22. The second-order valence-corrected chi connectivity index (χ2v) is 2.88. The van der Waals surface area contributed by atoms with Crippen LogP contribution < -0.4 is 0 Å². The van der Waals surface area contributed by atoms with Crippen LogP contribution in [0.15, 0.2) is 18.2 Å². The van der Waals surface area contributed by atoms with Crippen LogP contribution in [0, 0.1) is 6.92 Å². The van der Waals surface area contributed by atoms with Gasteiger partial charge in [0.05, 0.1) is 6.61 Å². The molecule has 4 nitrogen and oxygen atoms in total. The average Bonchev–Trinajstić information content (AvgIpc) is 2.18. The lowest BCUT2D eigenvalue weighted by Crippen LogP contribution is -2.09. The van der Waals surface area contributed by atoms with E-state index in [1.165, 1.54) is 12.1 Å². The van der Waals surface area contributed by atoms with E-state index in [-0.39, 0.29) is 24.5 Å². The van der Waals surface area contributed by atoms with Gasteiger partial charge in [0, 0.05) is 0 Å². The zero-order chi connectivity index (χ0) is 10.6. The Kier molecular flexibility index (Phi) is 3.48. The summed E-state index contributed by atoms with van der Waals surface area (Å²) >= 11 is 0. The number of hydrogen-bond acceptors (Lipinski definition) is 4. The van der Waals surface area contributed by atoms with Crippen LogP contribution >= 0.6 is 0 Å². The molecule has 0 spiro atoms. The van der Waals surface area contributed by atoms with Gasteiger partial charge < -0.3 is 14.9 Å². The Bertz CT molecular complexity index is 333. The third-order valence-electron chi connectivity index (χ3n) is 1.70. The first kappa shape index (κ1) is 10.5. The largest absolute Gasteiger partial charge is 0.507 e. The summed E-state index contributed by atoms with van der Waals surface area (Å²) in [7, 11) is 0. The van der Waals surface area contributed by atoms with Gasteiger partial charge in [0.15, 0.2) is 0 Å². The maximum Gasteiger partial charge on any atom is 0.342 e. The summed E-state index contributed by atoms with van der Waals surface area (Å²) in [5, 5.41) is 17.8. The normalized spacial score (nSPS) is 9.86. The fourth-order valence-corrected chi connectivity index (χ4v) is 1.03. The molecule has 0 fully saturated rings. The minimum atomic E-state index is -0.625. The van der Waals surface area contributed by atoms with E-state index in [1.54, 1.807) is 6.07 Å². The molecule has 0 aromatic heterocycles. The minimum Gasteiger partial charge on any atom is -0.507 e. The first-order valence-electron chi connectivity index (χ1n) is 4.22. The summed E-state index contributed by atoms with van der Waals surface area (Å²) in [5.41, 5.74) is 0.984. The van der Waals surface area contributed by atoms with Crippen LogP contribution in [0.25, 0.3) is 0 Å². The van der Waals surface area contributed by atoms with Crippen molar-refractivity contribution in [1.82, 2.24) is 0 Å². The second-order valence-electron chi connectivity index (χ2n) is 2.88. The minimum absolute atomic E-state index is 0.0633. The molecule has 2 N–H and O–H groups in total. The molecule has 0 atom stereocenters. The van der Waals surface area contributed by atoms with Crippen LogP contribution in [-0.2, 0) is 4.74 Å². The van der Waals surface area contributed by atoms with Gasteiger partial charge in [0.1, 0.15) is 17.9 Å². The molecule has 0 unspecified atom stereocenters. The van der Waals surface area contributed by atoms with Crippen molar-refractivity contribution in [2.45, 2.75) is 6.92 Å². The number of phenols is 1. The lowest BCUT2D eigenvalue weighted by molar-refractivity contribution is 0.0430. The Labute approximate surface area is 81.8 Å². The molecule has 0 saturated heterocycles. The van der Waals surface area contributed by atoms with Crippen LogP contribution in [-0.4, -0.2) is 29.4 Å². The van der Waals surface area contributed by atoms with Crippen molar-refractivity contribution in [3.63, 3.8) is 0 Å². The molecule has 0 heterocycles.